The largest absolute Gasteiger partial charge is 0.493 e. The minimum Gasteiger partial charge on any atom is -0.493 e. The fourth-order valence-electron chi connectivity index (χ4n) is 3.20. The number of aromatic nitrogens is 2. The molecule has 0 amide bonds. The number of aromatic amines is 1. The van der Waals surface area contributed by atoms with Crippen LogP contribution in [-0.2, 0) is 6.42 Å². The van der Waals surface area contributed by atoms with Gasteiger partial charge in [-0.3, -0.25) is 4.79 Å². The highest BCUT2D eigenvalue weighted by Gasteiger charge is 2.15. The molecule has 0 unspecified atom stereocenters. The third kappa shape index (κ3) is 3.16. The zero-order chi connectivity index (χ0) is 19.7. The molecule has 0 radical (unpaired) electrons. The average Bonchev–Trinajstić information content (AvgIpc) is 3.18. The Morgan fingerprint density at radius 2 is 1.71 bits per heavy atom. The number of hydrogen-bond donors (Lipinski definition) is 1. The summed E-state index contributed by atoms with van der Waals surface area (Å²) < 4.78 is 10.6. The zero-order valence-electron chi connectivity index (χ0n) is 15.9. The van der Waals surface area contributed by atoms with Gasteiger partial charge in [-0.1, -0.05) is 31.2 Å². The standard InChI is InChI=1S/C22H20N2O3S/c1-4-13-5-7-14(8-6-13)16-12-28-22-19(16)21(25)23-20(24-22)15-9-10-17(26-2)18(11-15)27-3/h5-12H,4H2,1-3H3,(H,23,24,25). The van der Waals surface area contributed by atoms with Gasteiger partial charge in [-0.25, -0.2) is 4.98 Å². The molecule has 1 N–H and O–H groups in total. The predicted molar refractivity (Wildman–Crippen MR) is 114 cm³/mol. The van der Waals surface area contributed by atoms with Crippen LogP contribution in [0.1, 0.15) is 12.5 Å². The summed E-state index contributed by atoms with van der Waals surface area (Å²) in [5, 5.41) is 2.62. The van der Waals surface area contributed by atoms with Crippen molar-refractivity contribution in [2.75, 3.05) is 14.2 Å². The molecule has 0 aliphatic rings. The number of methoxy groups -OCH3 is 2. The van der Waals surface area contributed by atoms with Gasteiger partial charge in [-0.2, -0.15) is 0 Å². The van der Waals surface area contributed by atoms with Crippen molar-refractivity contribution < 1.29 is 9.47 Å². The lowest BCUT2D eigenvalue weighted by Crippen LogP contribution is -2.09. The highest BCUT2D eigenvalue weighted by molar-refractivity contribution is 7.17. The summed E-state index contributed by atoms with van der Waals surface area (Å²) in [5.74, 6) is 1.72. The first kappa shape index (κ1) is 18.3. The summed E-state index contributed by atoms with van der Waals surface area (Å²) in [6.07, 6.45) is 0.988. The molecule has 0 bridgehead atoms. The van der Waals surface area contributed by atoms with E-state index in [1.807, 2.05) is 11.4 Å². The maximum absolute atomic E-state index is 12.9. The molecule has 28 heavy (non-hydrogen) atoms. The SMILES string of the molecule is CCc1ccc(-c2csc3nc(-c4ccc(OC)c(OC)c4)[nH]c(=O)c23)cc1. The van der Waals surface area contributed by atoms with Crippen LogP contribution >= 0.6 is 11.3 Å². The number of ether oxygens (including phenoxy) is 2. The van der Waals surface area contributed by atoms with Crippen LogP contribution in [0, 0.1) is 0 Å². The highest BCUT2D eigenvalue weighted by Crippen LogP contribution is 2.34. The van der Waals surface area contributed by atoms with Crippen LogP contribution in [-0.4, -0.2) is 24.2 Å². The van der Waals surface area contributed by atoms with Crippen molar-refractivity contribution in [1.29, 1.82) is 0 Å². The van der Waals surface area contributed by atoms with Crippen LogP contribution in [0.15, 0.2) is 52.6 Å². The molecule has 0 aliphatic heterocycles. The summed E-state index contributed by atoms with van der Waals surface area (Å²) in [7, 11) is 3.17. The lowest BCUT2D eigenvalue weighted by atomic mass is 10.0. The van der Waals surface area contributed by atoms with Gasteiger partial charge in [0.1, 0.15) is 10.7 Å². The summed E-state index contributed by atoms with van der Waals surface area (Å²) in [6.45, 7) is 2.12. The molecule has 4 aromatic rings. The molecule has 2 aromatic heterocycles. The lowest BCUT2D eigenvalue weighted by Gasteiger charge is -2.09. The van der Waals surface area contributed by atoms with E-state index in [1.165, 1.54) is 16.9 Å². The van der Waals surface area contributed by atoms with Crippen LogP contribution in [0.5, 0.6) is 11.5 Å². The van der Waals surface area contributed by atoms with Crippen LogP contribution in [0.3, 0.4) is 0 Å². The van der Waals surface area contributed by atoms with Crippen LogP contribution in [0.25, 0.3) is 32.7 Å². The zero-order valence-corrected chi connectivity index (χ0v) is 16.7. The number of aryl methyl sites for hydroxylation is 1. The van der Waals surface area contributed by atoms with Gasteiger partial charge in [-0.05, 0) is 35.7 Å². The molecule has 142 valence electrons. The Kier molecular flexibility index (Phi) is 4.88. The first-order chi connectivity index (χ1) is 13.6. The van der Waals surface area contributed by atoms with Gasteiger partial charge >= 0.3 is 0 Å². The number of thiophene rings is 1. The van der Waals surface area contributed by atoms with E-state index in [0.717, 1.165) is 23.1 Å². The van der Waals surface area contributed by atoms with E-state index in [9.17, 15) is 4.79 Å². The van der Waals surface area contributed by atoms with Crippen molar-refractivity contribution in [2.24, 2.45) is 0 Å². The molecule has 0 saturated heterocycles. The van der Waals surface area contributed by atoms with Gasteiger partial charge in [0.2, 0.25) is 0 Å². The van der Waals surface area contributed by atoms with Gasteiger partial charge in [-0.15, -0.1) is 11.3 Å². The minimum atomic E-state index is -0.148. The van der Waals surface area contributed by atoms with Crippen molar-refractivity contribution in [3.8, 4) is 34.0 Å². The highest BCUT2D eigenvalue weighted by atomic mass is 32.1. The maximum Gasteiger partial charge on any atom is 0.260 e. The average molecular weight is 392 g/mol. The van der Waals surface area contributed by atoms with E-state index >= 15 is 0 Å². The van der Waals surface area contributed by atoms with Gasteiger partial charge < -0.3 is 14.5 Å². The molecular formula is C22H20N2O3S. The quantitative estimate of drug-likeness (QED) is 0.525. The number of fused-ring (bicyclic) bond motifs is 1. The molecule has 2 aromatic carbocycles. The van der Waals surface area contributed by atoms with Crippen LogP contribution in [0.4, 0.5) is 0 Å². The van der Waals surface area contributed by atoms with Crippen molar-refractivity contribution in [2.45, 2.75) is 13.3 Å². The fraction of sp³-hybridized carbons (Fsp3) is 0.182. The number of rotatable bonds is 5. The Morgan fingerprint density at radius 1 is 1.00 bits per heavy atom. The number of hydrogen-bond acceptors (Lipinski definition) is 5. The van der Waals surface area contributed by atoms with E-state index in [2.05, 4.69) is 41.2 Å². The topological polar surface area (TPSA) is 64.2 Å². The summed E-state index contributed by atoms with van der Waals surface area (Å²) >= 11 is 1.47. The van der Waals surface area contributed by atoms with E-state index in [1.54, 1.807) is 26.4 Å². The molecule has 2 heterocycles. The Morgan fingerprint density at radius 3 is 2.39 bits per heavy atom. The summed E-state index contributed by atoms with van der Waals surface area (Å²) in [4.78, 5) is 21.2. The Labute approximate surface area is 166 Å². The second kappa shape index (κ2) is 7.48. The molecule has 5 nitrogen and oxygen atoms in total. The molecule has 0 atom stereocenters. The molecule has 0 fully saturated rings. The normalized spacial score (nSPS) is 11.0. The predicted octanol–water partition coefficient (Wildman–Crippen LogP) is 4.90. The Bertz CT molecular complexity index is 1190. The van der Waals surface area contributed by atoms with Gasteiger partial charge in [0, 0.05) is 16.5 Å². The first-order valence-corrected chi connectivity index (χ1v) is 9.85. The smallest absolute Gasteiger partial charge is 0.260 e. The molecule has 4 rings (SSSR count). The maximum atomic E-state index is 12.9. The molecular weight excluding hydrogens is 372 g/mol. The fourth-order valence-corrected chi connectivity index (χ4v) is 4.15. The van der Waals surface area contributed by atoms with Crippen LogP contribution < -0.4 is 15.0 Å². The van der Waals surface area contributed by atoms with E-state index in [4.69, 9.17) is 9.47 Å². The van der Waals surface area contributed by atoms with Crippen molar-refractivity contribution in [3.05, 3.63) is 63.8 Å². The van der Waals surface area contributed by atoms with E-state index in [0.29, 0.717) is 27.5 Å². The first-order valence-electron chi connectivity index (χ1n) is 8.97. The van der Waals surface area contributed by atoms with Crippen molar-refractivity contribution in [1.82, 2.24) is 9.97 Å². The number of H-pyrrole nitrogens is 1. The number of nitrogens with zero attached hydrogens (tertiary/aromatic N) is 1. The molecule has 0 spiro atoms. The van der Waals surface area contributed by atoms with E-state index < -0.39 is 0 Å². The molecule has 6 heteroatoms. The lowest BCUT2D eigenvalue weighted by molar-refractivity contribution is 0.355. The van der Waals surface area contributed by atoms with Gasteiger partial charge in [0.05, 0.1) is 19.6 Å². The summed E-state index contributed by atoms with van der Waals surface area (Å²) in [6, 6.07) is 13.8. The number of nitrogens with one attached hydrogen (secondary N) is 1. The van der Waals surface area contributed by atoms with Crippen LogP contribution in [0.2, 0.25) is 0 Å². The van der Waals surface area contributed by atoms with Gasteiger partial charge in [0.25, 0.3) is 5.56 Å². The third-order valence-electron chi connectivity index (χ3n) is 4.77. The Hall–Kier alpha value is -3.12. The minimum absolute atomic E-state index is 0.148. The monoisotopic (exact) mass is 392 g/mol. The molecule has 0 aliphatic carbocycles. The number of benzene rings is 2. The van der Waals surface area contributed by atoms with E-state index in [-0.39, 0.29) is 5.56 Å². The van der Waals surface area contributed by atoms with Gasteiger partial charge in [0.15, 0.2) is 11.5 Å². The van der Waals surface area contributed by atoms with Crippen molar-refractivity contribution in [3.63, 3.8) is 0 Å². The second-order valence-electron chi connectivity index (χ2n) is 6.36. The third-order valence-corrected chi connectivity index (χ3v) is 5.65. The second-order valence-corrected chi connectivity index (χ2v) is 7.22. The Balaban J connectivity index is 1.81. The van der Waals surface area contributed by atoms with Crippen molar-refractivity contribution >= 4 is 21.6 Å². The summed E-state index contributed by atoms with van der Waals surface area (Å²) in [5.41, 5.74) is 3.82. The molecule has 0 saturated carbocycles.